The van der Waals surface area contributed by atoms with Gasteiger partial charge >= 0.3 is 0 Å². The van der Waals surface area contributed by atoms with Crippen molar-refractivity contribution in [3.63, 3.8) is 0 Å². The number of amides is 2. The summed E-state index contributed by atoms with van der Waals surface area (Å²) in [4.78, 5) is 27.1. The molecule has 0 saturated heterocycles. The first-order valence-electron chi connectivity index (χ1n) is 9.04. The van der Waals surface area contributed by atoms with Gasteiger partial charge < -0.3 is 4.90 Å². The molecule has 2 amide bonds. The topological polar surface area (TPSA) is 83.5 Å². The number of thiophene rings is 1. The lowest BCUT2D eigenvalue weighted by atomic mass is 10.0. The molecule has 2 rings (SSSR count). The number of carbonyl (C=O) groups is 2. The molecule has 1 heterocycles. The second-order valence-electron chi connectivity index (χ2n) is 6.35. The maximum Gasteiger partial charge on any atom is 0.257 e. The molecule has 29 heavy (non-hydrogen) atoms. The maximum absolute atomic E-state index is 13.0. The zero-order chi connectivity index (χ0) is 21.4. The van der Waals surface area contributed by atoms with Crippen LogP contribution in [0.2, 0.25) is 0 Å². The summed E-state index contributed by atoms with van der Waals surface area (Å²) in [6.45, 7) is 7.67. The lowest BCUT2D eigenvalue weighted by Gasteiger charge is -2.23. The first kappa shape index (κ1) is 22.6. The summed E-state index contributed by atoms with van der Waals surface area (Å²) in [6, 6.07) is 10.7. The molecule has 1 unspecified atom stereocenters. The van der Waals surface area contributed by atoms with Gasteiger partial charge in [0.15, 0.2) is 0 Å². The monoisotopic (exact) mass is 432 g/mol. The second kappa shape index (κ2) is 10.2. The van der Waals surface area contributed by atoms with Crippen LogP contribution in [0.5, 0.6) is 0 Å². The molecule has 1 atom stereocenters. The fourth-order valence-electron chi connectivity index (χ4n) is 2.63. The van der Waals surface area contributed by atoms with Crippen LogP contribution in [0.3, 0.4) is 0 Å². The Morgan fingerprint density at radius 3 is 2.52 bits per heavy atom. The summed E-state index contributed by atoms with van der Waals surface area (Å²) in [5, 5.41) is 3.53. The first-order valence-corrected chi connectivity index (χ1v) is 11.5. The number of sulfonamides is 1. The first-order chi connectivity index (χ1) is 13.8. The van der Waals surface area contributed by atoms with Crippen molar-refractivity contribution >= 4 is 44.3 Å². The minimum absolute atomic E-state index is 0.0312. The highest BCUT2D eigenvalue weighted by Gasteiger charge is 2.32. The number of carbonyl (C=O) groups excluding carboxylic acids is 2. The van der Waals surface area contributed by atoms with E-state index in [-0.39, 0.29) is 6.42 Å². The van der Waals surface area contributed by atoms with E-state index in [0.29, 0.717) is 17.1 Å². The maximum atomic E-state index is 13.0. The van der Waals surface area contributed by atoms with E-state index in [1.807, 2.05) is 29.2 Å². The molecule has 0 spiro atoms. The molecule has 1 N–H and O–H groups in total. The van der Waals surface area contributed by atoms with Crippen molar-refractivity contribution in [2.75, 3.05) is 11.4 Å². The number of benzene rings is 1. The molecule has 0 aliphatic heterocycles. The summed E-state index contributed by atoms with van der Waals surface area (Å²) >= 11 is 1.39. The molecule has 0 bridgehead atoms. The molecule has 0 aliphatic carbocycles. The average molecular weight is 433 g/mol. The van der Waals surface area contributed by atoms with Crippen LogP contribution < -0.4 is 9.62 Å². The molecule has 154 valence electrons. The van der Waals surface area contributed by atoms with Crippen molar-refractivity contribution in [1.29, 1.82) is 0 Å². The Labute approximate surface area is 175 Å². The van der Waals surface area contributed by atoms with Crippen LogP contribution in [0.15, 0.2) is 59.8 Å². The number of rotatable bonds is 9. The van der Waals surface area contributed by atoms with Crippen LogP contribution >= 0.6 is 11.3 Å². The molecule has 0 aliphatic rings. The predicted octanol–water partition coefficient (Wildman–Crippen LogP) is 3.72. The fourth-order valence-corrected chi connectivity index (χ4v) is 4.43. The molecule has 8 heteroatoms. The molecule has 1 aromatic carbocycles. The van der Waals surface area contributed by atoms with Gasteiger partial charge in [-0.15, -0.1) is 17.9 Å². The largest absolute Gasteiger partial charge is 0.303 e. The van der Waals surface area contributed by atoms with E-state index in [1.165, 1.54) is 28.4 Å². The van der Waals surface area contributed by atoms with Crippen LogP contribution in [0.4, 0.5) is 5.00 Å². The third kappa shape index (κ3) is 6.40. The van der Waals surface area contributed by atoms with E-state index < -0.39 is 27.8 Å². The summed E-state index contributed by atoms with van der Waals surface area (Å²) < 4.78 is 26.6. The number of hydrogen-bond acceptors (Lipinski definition) is 5. The Hall–Kier alpha value is -2.71. The Balaban J connectivity index is 2.18. The van der Waals surface area contributed by atoms with Gasteiger partial charge in [-0.1, -0.05) is 36.4 Å². The predicted molar refractivity (Wildman–Crippen MR) is 118 cm³/mol. The highest BCUT2D eigenvalue weighted by molar-refractivity contribution is 7.93. The molecule has 2 aromatic rings. The zero-order valence-corrected chi connectivity index (χ0v) is 18.0. The zero-order valence-electron chi connectivity index (χ0n) is 16.4. The quantitative estimate of drug-likeness (QED) is 0.484. The molecular weight excluding hydrogens is 408 g/mol. The van der Waals surface area contributed by atoms with E-state index in [1.54, 1.807) is 31.2 Å². The van der Waals surface area contributed by atoms with Gasteiger partial charge in [-0.25, -0.2) is 13.1 Å². The van der Waals surface area contributed by atoms with Gasteiger partial charge in [-0.05, 0) is 48.9 Å². The van der Waals surface area contributed by atoms with E-state index >= 15 is 0 Å². The van der Waals surface area contributed by atoms with Gasteiger partial charge in [-0.2, -0.15) is 0 Å². The lowest BCUT2D eigenvalue weighted by molar-refractivity contribution is -0.132. The van der Waals surface area contributed by atoms with Gasteiger partial charge in [0, 0.05) is 6.54 Å². The SMILES string of the molecule is C=CCC(C(=O)NS(=O)(=O)C=Cc1ccccc1)C(=O)N(CC)c1cc(C)cs1. The second-order valence-corrected chi connectivity index (χ2v) is 8.80. The summed E-state index contributed by atoms with van der Waals surface area (Å²) in [7, 11) is -4.05. The summed E-state index contributed by atoms with van der Waals surface area (Å²) in [6.07, 6.45) is 2.85. The minimum atomic E-state index is -4.05. The minimum Gasteiger partial charge on any atom is -0.303 e. The molecule has 1 aromatic heterocycles. The number of hydrogen-bond donors (Lipinski definition) is 1. The van der Waals surface area contributed by atoms with Crippen LogP contribution in [0.25, 0.3) is 6.08 Å². The van der Waals surface area contributed by atoms with Crippen LogP contribution in [0.1, 0.15) is 24.5 Å². The van der Waals surface area contributed by atoms with Crippen molar-refractivity contribution in [1.82, 2.24) is 4.72 Å². The third-order valence-corrected chi connectivity index (χ3v) is 6.11. The highest BCUT2D eigenvalue weighted by Crippen LogP contribution is 2.26. The molecule has 0 saturated carbocycles. The van der Waals surface area contributed by atoms with Crippen molar-refractivity contribution in [2.45, 2.75) is 20.3 Å². The summed E-state index contributed by atoms with van der Waals surface area (Å²) in [5.41, 5.74) is 1.68. The van der Waals surface area contributed by atoms with E-state index in [2.05, 4.69) is 6.58 Å². The third-order valence-electron chi connectivity index (χ3n) is 4.06. The average Bonchev–Trinajstić information content (AvgIpc) is 3.11. The Bertz CT molecular complexity index is 995. The fraction of sp³-hybridized carbons (Fsp3) is 0.238. The smallest absolute Gasteiger partial charge is 0.257 e. The van der Waals surface area contributed by atoms with E-state index in [9.17, 15) is 18.0 Å². The van der Waals surface area contributed by atoms with Gasteiger partial charge in [0.25, 0.3) is 10.0 Å². The number of nitrogens with zero attached hydrogens (tertiary/aromatic N) is 1. The van der Waals surface area contributed by atoms with Gasteiger partial charge in [-0.3, -0.25) is 9.59 Å². The number of nitrogens with one attached hydrogen (secondary N) is 1. The van der Waals surface area contributed by atoms with Crippen molar-refractivity contribution < 1.29 is 18.0 Å². The Morgan fingerprint density at radius 2 is 1.97 bits per heavy atom. The van der Waals surface area contributed by atoms with Crippen molar-refractivity contribution in [3.8, 4) is 0 Å². The number of aryl methyl sites for hydroxylation is 1. The van der Waals surface area contributed by atoms with Gasteiger partial charge in [0.2, 0.25) is 11.8 Å². The van der Waals surface area contributed by atoms with Crippen LogP contribution in [0, 0.1) is 12.8 Å². The van der Waals surface area contributed by atoms with Crippen molar-refractivity contribution in [2.24, 2.45) is 5.92 Å². The van der Waals surface area contributed by atoms with Crippen LogP contribution in [-0.2, 0) is 19.6 Å². The van der Waals surface area contributed by atoms with E-state index in [4.69, 9.17) is 0 Å². The number of allylic oxidation sites excluding steroid dienone is 1. The normalized spacial score (nSPS) is 12.5. The number of anilines is 1. The lowest BCUT2D eigenvalue weighted by Crippen LogP contribution is -2.44. The summed E-state index contributed by atoms with van der Waals surface area (Å²) in [5.74, 6) is -2.52. The molecule has 6 nitrogen and oxygen atoms in total. The molecular formula is C21H24N2O4S2. The van der Waals surface area contributed by atoms with Gasteiger partial charge in [0.05, 0.1) is 10.4 Å². The standard InChI is InChI=1S/C21H24N2O4S2/c1-4-9-18(21(25)23(5-2)19-14-16(3)15-28-19)20(24)22-29(26,27)13-12-17-10-7-6-8-11-17/h4,6-8,10-15,18H,1,5,9H2,2-3H3,(H,22,24). The van der Waals surface area contributed by atoms with Crippen LogP contribution in [-0.4, -0.2) is 26.8 Å². The van der Waals surface area contributed by atoms with E-state index in [0.717, 1.165) is 11.0 Å². The molecule has 0 fully saturated rings. The highest BCUT2D eigenvalue weighted by atomic mass is 32.2. The Kier molecular flexibility index (Phi) is 7.92. The molecule has 0 radical (unpaired) electrons. The van der Waals surface area contributed by atoms with Gasteiger partial charge in [0.1, 0.15) is 5.92 Å². The Morgan fingerprint density at radius 1 is 1.28 bits per heavy atom. The van der Waals surface area contributed by atoms with Crippen molar-refractivity contribution in [3.05, 3.63) is 71.0 Å².